The molecule has 126 valence electrons. The summed E-state index contributed by atoms with van der Waals surface area (Å²) in [4.78, 5) is 21.1. The molecule has 6 heteroatoms. The summed E-state index contributed by atoms with van der Waals surface area (Å²) in [6.45, 7) is 0. The van der Waals surface area contributed by atoms with Gasteiger partial charge in [0.15, 0.2) is 0 Å². The lowest BCUT2D eigenvalue weighted by Gasteiger charge is -2.38. The maximum Gasteiger partial charge on any atom is 0.251 e. The van der Waals surface area contributed by atoms with Gasteiger partial charge in [-0.2, -0.15) is 0 Å². The SMILES string of the molecule is CNc1cc(C(=O)NC(Cc2ccccn2)C2CC(O)C2)ccn1. The first-order valence-corrected chi connectivity index (χ1v) is 8.18. The summed E-state index contributed by atoms with van der Waals surface area (Å²) >= 11 is 0. The number of amides is 1. The Balaban J connectivity index is 1.72. The van der Waals surface area contributed by atoms with Gasteiger partial charge in [-0.1, -0.05) is 6.07 Å². The van der Waals surface area contributed by atoms with Gasteiger partial charge in [-0.15, -0.1) is 0 Å². The fraction of sp³-hybridized carbons (Fsp3) is 0.389. The van der Waals surface area contributed by atoms with E-state index in [1.807, 2.05) is 18.2 Å². The zero-order chi connectivity index (χ0) is 16.9. The van der Waals surface area contributed by atoms with Gasteiger partial charge in [-0.05, 0) is 43.0 Å². The van der Waals surface area contributed by atoms with Crippen molar-refractivity contribution in [1.29, 1.82) is 0 Å². The van der Waals surface area contributed by atoms with Crippen LogP contribution in [-0.4, -0.2) is 40.2 Å². The Morgan fingerprint density at radius 2 is 2.12 bits per heavy atom. The number of carbonyl (C=O) groups excluding carboxylic acids is 1. The highest BCUT2D eigenvalue weighted by Crippen LogP contribution is 2.31. The van der Waals surface area contributed by atoms with Gasteiger partial charge in [0.25, 0.3) is 5.91 Å². The Hall–Kier alpha value is -2.47. The minimum absolute atomic E-state index is 0.0398. The first-order valence-electron chi connectivity index (χ1n) is 8.18. The van der Waals surface area contributed by atoms with Crippen LogP contribution in [0.5, 0.6) is 0 Å². The minimum atomic E-state index is -0.255. The van der Waals surface area contributed by atoms with Gasteiger partial charge in [0.1, 0.15) is 5.82 Å². The van der Waals surface area contributed by atoms with Gasteiger partial charge < -0.3 is 15.7 Å². The predicted octanol–water partition coefficient (Wildman–Crippen LogP) is 1.63. The molecule has 1 saturated carbocycles. The molecule has 0 aliphatic heterocycles. The topological polar surface area (TPSA) is 87.1 Å². The summed E-state index contributed by atoms with van der Waals surface area (Å²) in [6.07, 6.45) is 5.21. The van der Waals surface area contributed by atoms with Crippen molar-refractivity contribution >= 4 is 11.7 Å². The van der Waals surface area contributed by atoms with Crippen LogP contribution in [0.15, 0.2) is 42.7 Å². The molecule has 0 aromatic carbocycles. The second kappa shape index (κ2) is 7.40. The number of rotatable bonds is 6. The highest BCUT2D eigenvalue weighted by atomic mass is 16.3. The number of nitrogens with one attached hydrogen (secondary N) is 2. The van der Waals surface area contributed by atoms with Crippen molar-refractivity contribution in [3.8, 4) is 0 Å². The molecule has 3 N–H and O–H groups in total. The lowest BCUT2D eigenvalue weighted by atomic mass is 9.76. The van der Waals surface area contributed by atoms with Crippen LogP contribution in [0.4, 0.5) is 5.82 Å². The van der Waals surface area contributed by atoms with E-state index in [1.54, 1.807) is 31.6 Å². The average Bonchev–Trinajstić information content (AvgIpc) is 2.59. The smallest absolute Gasteiger partial charge is 0.251 e. The number of aliphatic hydroxyl groups is 1. The number of hydrogen-bond acceptors (Lipinski definition) is 5. The molecule has 6 nitrogen and oxygen atoms in total. The second-order valence-corrected chi connectivity index (χ2v) is 6.17. The van der Waals surface area contributed by atoms with E-state index in [4.69, 9.17) is 0 Å². The van der Waals surface area contributed by atoms with E-state index in [2.05, 4.69) is 20.6 Å². The first kappa shape index (κ1) is 16.4. The van der Waals surface area contributed by atoms with Crippen molar-refractivity contribution in [2.24, 2.45) is 5.92 Å². The number of aromatic nitrogens is 2. The molecule has 2 heterocycles. The molecule has 1 aliphatic carbocycles. The highest BCUT2D eigenvalue weighted by molar-refractivity contribution is 5.95. The highest BCUT2D eigenvalue weighted by Gasteiger charge is 2.35. The Morgan fingerprint density at radius 3 is 2.79 bits per heavy atom. The number of hydrogen-bond donors (Lipinski definition) is 3. The minimum Gasteiger partial charge on any atom is -0.393 e. The molecule has 1 fully saturated rings. The lowest BCUT2D eigenvalue weighted by molar-refractivity contribution is 0.0238. The van der Waals surface area contributed by atoms with Crippen molar-refractivity contribution in [3.63, 3.8) is 0 Å². The van der Waals surface area contributed by atoms with Gasteiger partial charge in [0.05, 0.1) is 6.10 Å². The van der Waals surface area contributed by atoms with Crippen LogP contribution < -0.4 is 10.6 Å². The molecular weight excluding hydrogens is 304 g/mol. The fourth-order valence-electron chi connectivity index (χ4n) is 3.00. The van der Waals surface area contributed by atoms with Crippen molar-refractivity contribution in [2.75, 3.05) is 12.4 Å². The van der Waals surface area contributed by atoms with E-state index in [0.29, 0.717) is 17.8 Å². The molecule has 1 unspecified atom stereocenters. The molecule has 0 saturated heterocycles. The first-order chi connectivity index (χ1) is 11.7. The Morgan fingerprint density at radius 1 is 1.29 bits per heavy atom. The molecule has 3 rings (SSSR count). The van der Waals surface area contributed by atoms with E-state index in [0.717, 1.165) is 18.5 Å². The van der Waals surface area contributed by atoms with Gasteiger partial charge >= 0.3 is 0 Å². The van der Waals surface area contributed by atoms with E-state index in [-0.39, 0.29) is 24.0 Å². The normalized spacial score (nSPS) is 20.8. The van der Waals surface area contributed by atoms with Crippen molar-refractivity contribution in [1.82, 2.24) is 15.3 Å². The van der Waals surface area contributed by atoms with Crippen LogP contribution in [0.25, 0.3) is 0 Å². The molecule has 1 aliphatic rings. The van der Waals surface area contributed by atoms with Crippen LogP contribution >= 0.6 is 0 Å². The maximum atomic E-state index is 12.6. The van der Waals surface area contributed by atoms with Gasteiger partial charge in [-0.25, -0.2) is 4.98 Å². The summed E-state index contributed by atoms with van der Waals surface area (Å²) in [7, 11) is 1.77. The number of pyridine rings is 2. The number of nitrogens with zero attached hydrogens (tertiary/aromatic N) is 2. The zero-order valence-corrected chi connectivity index (χ0v) is 13.6. The fourth-order valence-corrected chi connectivity index (χ4v) is 3.00. The summed E-state index contributed by atoms with van der Waals surface area (Å²) in [6, 6.07) is 9.16. The molecule has 1 atom stereocenters. The summed E-state index contributed by atoms with van der Waals surface area (Å²) in [5, 5.41) is 15.7. The van der Waals surface area contributed by atoms with Gasteiger partial charge in [-0.3, -0.25) is 9.78 Å². The Bertz CT molecular complexity index is 686. The van der Waals surface area contributed by atoms with Crippen LogP contribution in [0.2, 0.25) is 0 Å². The van der Waals surface area contributed by atoms with Crippen LogP contribution in [0, 0.1) is 5.92 Å². The van der Waals surface area contributed by atoms with Crippen molar-refractivity contribution in [2.45, 2.75) is 31.4 Å². The number of carbonyl (C=O) groups is 1. The molecule has 0 radical (unpaired) electrons. The zero-order valence-electron chi connectivity index (χ0n) is 13.6. The van der Waals surface area contributed by atoms with Crippen molar-refractivity contribution < 1.29 is 9.90 Å². The predicted molar refractivity (Wildman–Crippen MR) is 91.7 cm³/mol. The van der Waals surface area contributed by atoms with Crippen LogP contribution in [-0.2, 0) is 6.42 Å². The average molecular weight is 326 g/mol. The molecule has 0 spiro atoms. The molecule has 2 aromatic rings. The lowest BCUT2D eigenvalue weighted by Crippen LogP contribution is -2.48. The third kappa shape index (κ3) is 3.89. The van der Waals surface area contributed by atoms with E-state index in [9.17, 15) is 9.90 Å². The molecule has 24 heavy (non-hydrogen) atoms. The third-order valence-corrected chi connectivity index (χ3v) is 4.47. The Kier molecular flexibility index (Phi) is 5.05. The van der Waals surface area contributed by atoms with Gasteiger partial charge in [0, 0.05) is 43.2 Å². The monoisotopic (exact) mass is 326 g/mol. The maximum absolute atomic E-state index is 12.6. The standard InChI is InChI=1S/C18H22N4O2/c1-19-17-10-12(5-7-21-17)18(24)22-16(13-8-15(23)9-13)11-14-4-2-3-6-20-14/h2-7,10,13,15-16,23H,8-9,11H2,1H3,(H,19,21)(H,22,24). The van der Waals surface area contributed by atoms with E-state index in [1.165, 1.54) is 0 Å². The largest absolute Gasteiger partial charge is 0.393 e. The van der Waals surface area contributed by atoms with Crippen molar-refractivity contribution in [3.05, 3.63) is 54.0 Å². The molecular formula is C18H22N4O2. The number of anilines is 1. The third-order valence-electron chi connectivity index (χ3n) is 4.47. The van der Waals surface area contributed by atoms with Crippen LogP contribution in [0.3, 0.4) is 0 Å². The summed E-state index contributed by atoms with van der Waals surface area (Å²) in [5.74, 6) is 0.802. The van der Waals surface area contributed by atoms with Crippen LogP contribution in [0.1, 0.15) is 28.9 Å². The van der Waals surface area contributed by atoms with E-state index >= 15 is 0 Å². The second-order valence-electron chi connectivity index (χ2n) is 6.17. The number of aliphatic hydroxyl groups excluding tert-OH is 1. The molecule has 1 amide bonds. The summed E-state index contributed by atoms with van der Waals surface area (Å²) in [5.41, 5.74) is 1.51. The van der Waals surface area contributed by atoms with Gasteiger partial charge in [0.2, 0.25) is 0 Å². The van der Waals surface area contributed by atoms with E-state index < -0.39 is 0 Å². The molecule has 2 aromatic heterocycles. The molecule has 0 bridgehead atoms. The Labute approximate surface area is 141 Å². The quantitative estimate of drug-likeness (QED) is 0.751. The summed E-state index contributed by atoms with van der Waals surface area (Å²) < 4.78 is 0.